The Morgan fingerprint density at radius 2 is 2.21 bits per heavy atom. The van der Waals surface area contributed by atoms with E-state index in [-0.39, 0.29) is 0 Å². The first-order chi connectivity index (χ1) is 6.81. The fourth-order valence-corrected chi connectivity index (χ4v) is 2.53. The van der Waals surface area contributed by atoms with Crippen molar-refractivity contribution in [3.63, 3.8) is 0 Å². The average Bonchev–Trinajstić information content (AvgIpc) is 2.67. The molecule has 76 valence electrons. The zero-order valence-electron chi connectivity index (χ0n) is 8.37. The number of hydrogen-bond acceptors (Lipinski definition) is 1. The molecule has 1 aromatic carbocycles. The van der Waals surface area contributed by atoms with Gasteiger partial charge in [-0.1, -0.05) is 40.2 Å². The zero-order chi connectivity index (χ0) is 9.97. The van der Waals surface area contributed by atoms with Gasteiger partial charge in [0.2, 0.25) is 0 Å². The zero-order valence-corrected chi connectivity index (χ0v) is 9.96. The van der Waals surface area contributed by atoms with Crippen molar-refractivity contribution in [2.75, 3.05) is 11.9 Å². The average molecular weight is 255 g/mol. The maximum absolute atomic E-state index is 5.68. The van der Waals surface area contributed by atoms with Crippen LogP contribution in [0.2, 0.25) is 0 Å². The van der Waals surface area contributed by atoms with Gasteiger partial charge in [-0.3, -0.25) is 0 Å². The van der Waals surface area contributed by atoms with Gasteiger partial charge in [0.15, 0.2) is 0 Å². The summed E-state index contributed by atoms with van der Waals surface area (Å²) in [6, 6.07) is 8.61. The van der Waals surface area contributed by atoms with Crippen LogP contribution in [0, 0.1) is 6.92 Å². The molecule has 0 saturated carbocycles. The Bertz CT molecular complexity index is 311. The number of halogens is 1. The highest BCUT2D eigenvalue weighted by molar-refractivity contribution is 9.09. The maximum atomic E-state index is 5.68. The van der Waals surface area contributed by atoms with Crippen molar-refractivity contribution in [2.45, 2.75) is 25.4 Å². The van der Waals surface area contributed by atoms with Gasteiger partial charge in [0, 0.05) is 11.2 Å². The van der Waals surface area contributed by atoms with Crippen molar-refractivity contribution < 1.29 is 4.74 Å². The molecule has 1 aromatic rings. The summed E-state index contributed by atoms with van der Waals surface area (Å²) in [6.45, 7) is 3.05. The molecule has 1 nitrogen and oxygen atoms in total. The van der Waals surface area contributed by atoms with Crippen LogP contribution in [0.3, 0.4) is 0 Å². The van der Waals surface area contributed by atoms with Crippen LogP contribution in [0.5, 0.6) is 0 Å². The molecule has 1 aliphatic heterocycles. The molecule has 2 atom stereocenters. The van der Waals surface area contributed by atoms with E-state index in [0.717, 1.165) is 18.4 Å². The largest absolute Gasteiger partial charge is 0.377 e. The first kappa shape index (κ1) is 10.2. The van der Waals surface area contributed by atoms with Gasteiger partial charge in [0.25, 0.3) is 0 Å². The van der Waals surface area contributed by atoms with Crippen LogP contribution >= 0.6 is 15.9 Å². The van der Waals surface area contributed by atoms with Crippen LogP contribution in [-0.2, 0) is 4.74 Å². The summed E-state index contributed by atoms with van der Waals surface area (Å²) >= 11 is 3.47. The predicted molar refractivity (Wildman–Crippen MR) is 62.1 cm³/mol. The van der Waals surface area contributed by atoms with Crippen molar-refractivity contribution in [1.29, 1.82) is 0 Å². The van der Waals surface area contributed by atoms with Gasteiger partial charge in [-0.15, -0.1) is 0 Å². The lowest BCUT2D eigenvalue weighted by Crippen LogP contribution is -2.05. The fourth-order valence-electron chi connectivity index (χ4n) is 2.07. The number of rotatable bonds is 2. The van der Waals surface area contributed by atoms with E-state index < -0.39 is 0 Å². The molecule has 0 bridgehead atoms. The van der Waals surface area contributed by atoms with E-state index in [1.807, 2.05) is 0 Å². The minimum absolute atomic E-state index is 0.402. The Morgan fingerprint density at radius 3 is 2.86 bits per heavy atom. The molecule has 1 fully saturated rings. The summed E-state index contributed by atoms with van der Waals surface area (Å²) in [7, 11) is 0. The third-order valence-corrected chi connectivity index (χ3v) is 3.60. The van der Waals surface area contributed by atoms with Crippen LogP contribution in [0.4, 0.5) is 0 Å². The molecule has 2 rings (SSSR count). The Labute approximate surface area is 93.6 Å². The van der Waals surface area contributed by atoms with Crippen LogP contribution in [0.25, 0.3) is 0 Å². The number of benzene rings is 1. The molecule has 1 saturated heterocycles. The van der Waals surface area contributed by atoms with Crippen LogP contribution < -0.4 is 0 Å². The Morgan fingerprint density at radius 1 is 1.43 bits per heavy atom. The number of aryl methyl sites for hydroxylation is 1. The van der Waals surface area contributed by atoms with Gasteiger partial charge in [-0.05, 0) is 24.5 Å². The SMILES string of the molecule is Cc1ccccc1C1COC(CBr)C1. The molecule has 0 radical (unpaired) electrons. The summed E-state index contributed by atoms with van der Waals surface area (Å²) in [5, 5.41) is 0.954. The summed E-state index contributed by atoms with van der Waals surface area (Å²) in [6.07, 6.45) is 1.55. The van der Waals surface area contributed by atoms with E-state index in [1.54, 1.807) is 0 Å². The number of hydrogen-bond donors (Lipinski definition) is 0. The van der Waals surface area contributed by atoms with Gasteiger partial charge in [-0.25, -0.2) is 0 Å². The second-order valence-corrected chi connectivity index (χ2v) is 4.55. The normalized spacial score (nSPS) is 26.7. The van der Waals surface area contributed by atoms with Crippen molar-refractivity contribution in [3.8, 4) is 0 Å². The van der Waals surface area contributed by atoms with Crippen LogP contribution in [0.15, 0.2) is 24.3 Å². The molecule has 0 spiro atoms. The maximum Gasteiger partial charge on any atom is 0.0678 e. The lowest BCUT2D eigenvalue weighted by atomic mass is 9.93. The molecule has 0 aliphatic carbocycles. The molecule has 0 amide bonds. The van der Waals surface area contributed by atoms with Crippen molar-refractivity contribution in [1.82, 2.24) is 0 Å². The second-order valence-electron chi connectivity index (χ2n) is 3.90. The molecule has 14 heavy (non-hydrogen) atoms. The molecule has 1 heterocycles. The van der Waals surface area contributed by atoms with E-state index in [2.05, 4.69) is 47.1 Å². The second kappa shape index (κ2) is 4.45. The smallest absolute Gasteiger partial charge is 0.0678 e. The van der Waals surface area contributed by atoms with Gasteiger partial charge in [-0.2, -0.15) is 0 Å². The minimum atomic E-state index is 0.402. The topological polar surface area (TPSA) is 9.23 Å². The molecule has 2 heteroatoms. The van der Waals surface area contributed by atoms with Gasteiger partial charge in [0.05, 0.1) is 12.7 Å². The molecule has 2 unspecified atom stereocenters. The van der Waals surface area contributed by atoms with E-state index >= 15 is 0 Å². The van der Waals surface area contributed by atoms with Crippen LogP contribution in [-0.4, -0.2) is 18.0 Å². The van der Waals surface area contributed by atoms with Gasteiger partial charge >= 0.3 is 0 Å². The highest BCUT2D eigenvalue weighted by Crippen LogP contribution is 2.31. The highest BCUT2D eigenvalue weighted by atomic mass is 79.9. The molecular weight excluding hydrogens is 240 g/mol. The molecule has 1 aliphatic rings. The number of ether oxygens (including phenoxy) is 1. The third kappa shape index (κ3) is 2.01. The summed E-state index contributed by atoms with van der Waals surface area (Å²) in [5.74, 6) is 0.596. The molecule has 0 aromatic heterocycles. The standard InChI is InChI=1S/C12H15BrO/c1-9-4-2-3-5-12(9)10-6-11(7-13)14-8-10/h2-5,10-11H,6-8H2,1H3. The lowest BCUT2D eigenvalue weighted by Gasteiger charge is -2.11. The minimum Gasteiger partial charge on any atom is -0.377 e. The van der Waals surface area contributed by atoms with Gasteiger partial charge < -0.3 is 4.74 Å². The Kier molecular flexibility index (Phi) is 3.24. The van der Waals surface area contributed by atoms with Gasteiger partial charge in [0.1, 0.15) is 0 Å². The Balaban J connectivity index is 2.13. The Hall–Kier alpha value is -0.340. The first-order valence-electron chi connectivity index (χ1n) is 5.04. The fraction of sp³-hybridized carbons (Fsp3) is 0.500. The lowest BCUT2D eigenvalue weighted by molar-refractivity contribution is 0.127. The van der Waals surface area contributed by atoms with Crippen LogP contribution in [0.1, 0.15) is 23.5 Å². The first-order valence-corrected chi connectivity index (χ1v) is 6.16. The van der Waals surface area contributed by atoms with E-state index in [1.165, 1.54) is 11.1 Å². The monoisotopic (exact) mass is 254 g/mol. The summed E-state index contributed by atoms with van der Waals surface area (Å²) in [5.41, 5.74) is 2.84. The van der Waals surface area contributed by atoms with E-state index in [0.29, 0.717) is 12.0 Å². The summed E-state index contributed by atoms with van der Waals surface area (Å²) in [4.78, 5) is 0. The summed E-state index contributed by atoms with van der Waals surface area (Å²) < 4.78 is 5.68. The van der Waals surface area contributed by atoms with Crippen molar-refractivity contribution >= 4 is 15.9 Å². The highest BCUT2D eigenvalue weighted by Gasteiger charge is 2.26. The number of alkyl halides is 1. The van der Waals surface area contributed by atoms with Crippen molar-refractivity contribution in [3.05, 3.63) is 35.4 Å². The van der Waals surface area contributed by atoms with Crippen molar-refractivity contribution in [2.24, 2.45) is 0 Å². The molecule has 0 N–H and O–H groups in total. The van der Waals surface area contributed by atoms with E-state index in [9.17, 15) is 0 Å². The quantitative estimate of drug-likeness (QED) is 0.737. The molecular formula is C12H15BrO. The third-order valence-electron chi connectivity index (χ3n) is 2.88. The predicted octanol–water partition coefficient (Wildman–Crippen LogP) is 3.26. The van der Waals surface area contributed by atoms with E-state index in [4.69, 9.17) is 4.74 Å².